The van der Waals surface area contributed by atoms with E-state index in [1.807, 2.05) is 19.1 Å². The van der Waals surface area contributed by atoms with Gasteiger partial charge in [0, 0.05) is 0 Å². The molecule has 0 saturated heterocycles. The first-order valence-corrected chi connectivity index (χ1v) is 4.11. The van der Waals surface area contributed by atoms with Crippen LogP contribution in [-0.2, 0) is 0 Å². The van der Waals surface area contributed by atoms with Crippen LogP contribution in [0.1, 0.15) is 30.9 Å². The Morgan fingerprint density at radius 1 is 1.33 bits per heavy atom. The average molecular weight is 165 g/mol. The van der Waals surface area contributed by atoms with E-state index in [1.165, 1.54) is 5.56 Å². The molecule has 0 amide bonds. The van der Waals surface area contributed by atoms with Gasteiger partial charge in [-0.05, 0) is 30.0 Å². The first-order valence-electron chi connectivity index (χ1n) is 4.11. The summed E-state index contributed by atoms with van der Waals surface area (Å²) in [6.45, 7) is 6.06. The second kappa shape index (κ2) is 3.05. The van der Waals surface area contributed by atoms with Crippen molar-refractivity contribution in [3.8, 4) is 5.75 Å². The fourth-order valence-corrected chi connectivity index (χ4v) is 1.17. The number of phenols is 1. The molecular formula is C10H15NO. The summed E-state index contributed by atoms with van der Waals surface area (Å²) in [6, 6.07) is 3.80. The molecule has 2 nitrogen and oxygen atoms in total. The Labute approximate surface area is 73.0 Å². The van der Waals surface area contributed by atoms with Gasteiger partial charge in [-0.15, -0.1) is 0 Å². The van der Waals surface area contributed by atoms with Crippen LogP contribution in [0, 0.1) is 6.92 Å². The topological polar surface area (TPSA) is 46.2 Å². The monoisotopic (exact) mass is 165 g/mol. The highest BCUT2D eigenvalue weighted by molar-refractivity contribution is 5.58. The summed E-state index contributed by atoms with van der Waals surface area (Å²) in [5.74, 6) is 0.658. The Morgan fingerprint density at radius 2 is 1.92 bits per heavy atom. The largest absolute Gasteiger partial charge is 0.506 e. The van der Waals surface area contributed by atoms with E-state index < -0.39 is 0 Å². The van der Waals surface area contributed by atoms with Crippen molar-refractivity contribution in [2.75, 3.05) is 5.73 Å². The van der Waals surface area contributed by atoms with Crippen LogP contribution < -0.4 is 5.73 Å². The second-order valence-corrected chi connectivity index (χ2v) is 3.43. The quantitative estimate of drug-likeness (QED) is 0.496. The van der Waals surface area contributed by atoms with Crippen LogP contribution in [0.25, 0.3) is 0 Å². The highest BCUT2D eigenvalue weighted by atomic mass is 16.3. The van der Waals surface area contributed by atoms with Gasteiger partial charge in [-0.3, -0.25) is 0 Å². The molecule has 2 heteroatoms. The molecule has 0 heterocycles. The predicted molar refractivity (Wildman–Crippen MR) is 51.3 cm³/mol. The summed E-state index contributed by atoms with van der Waals surface area (Å²) in [5, 5.41) is 9.39. The third-order valence-corrected chi connectivity index (χ3v) is 2.02. The summed E-state index contributed by atoms with van der Waals surface area (Å²) >= 11 is 0. The van der Waals surface area contributed by atoms with Crippen molar-refractivity contribution in [1.82, 2.24) is 0 Å². The zero-order valence-electron chi connectivity index (χ0n) is 7.76. The van der Waals surface area contributed by atoms with Gasteiger partial charge in [-0.2, -0.15) is 0 Å². The molecule has 1 aromatic carbocycles. The van der Waals surface area contributed by atoms with Crippen molar-refractivity contribution in [2.24, 2.45) is 0 Å². The van der Waals surface area contributed by atoms with Crippen LogP contribution in [0.3, 0.4) is 0 Å². The average Bonchev–Trinajstić information content (AvgIpc) is 1.99. The van der Waals surface area contributed by atoms with E-state index in [9.17, 15) is 5.11 Å². The molecule has 0 bridgehead atoms. The molecule has 0 aliphatic rings. The van der Waals surface area contributed by atoms with Crippen molar-refractivity contribution >= 4 is 5.69 Å². The molecule has 0 atom stereocenters. The van der Waals surface area contributed by atoms with E-state index in [0.717, 1.165) is 5.56 Å². The molecule has 66 valence electrons. The van der Waals surface area contributed by atoms with Crippen molar-refractivity contribution in [2.45, 2.75) is 26.7 Å². The zero-order valence-corrected chi connectivity index (χ0v) is 7.76. The number of nitrogens with two attached hydrogens (primary N) is 1. The van der Waals surface area contributed by atoms with Gasteiger partial charge in [0.05, 0.1) is 5.69 Å². The molecule has 0 aliphatic heterocycles. The standard InChI is InChI=1S/C10H15NO/c1-6(2)8-4-7(3)10(12)9(11)5-8/h4-6,12H,11H2,1-3H3. The maximum atomic E-state index is 9.39. The number of phenolic OH excluding ortho intramolecular Hbond substituents is 1. The van der Waals surface area contributed by atoms with E-state index in [-0.39, 0.29) is 5.75 Å². The molecule has 0 spiro atoms. The van der Waals surface area contributed by atoms with Gasteiger partial charge in [-0.25, -0.2) is 0 Å². The summed E-state index contributed by atoms with van der Waals surface area (Å²) in [7, 11) is 0. The number of anilines is 1. The molecule has 3 N–H and O–H groups in total. The van der Waals surface area contributed by atoms with Gasteiger partial charge in [0.15, 0.2) is 0 Å². The van der Waals surface area contributed by atoms with Crippen molar-refractivity contribution in [3.05, 3.63) is 23.3 Å². The third-order valence-electron chi connectivity index (χ3n) is 2.02. The van der Waals surface area contributed by atoms with Crippen LogP contribution in [0.4, 0.5) is 5.69 Å². The normalized spacial score (nSPS) is 10.7. The molecule has 0 aliphatic carbocycles. The summed E-state index contributed by atoms with van der Waals surface area (Å²) in [6.07, 6.45) is 0. The van der Waals surface area contributed by atoms with Gasteiger partial charge in [0.25, 0.3) is 0 Å². The van der Waals surface area contributed by atoms with Gasteiger partial charge < -0.3 is 10.8 Å². The number of benzene rings is 1. The minimum absolute atomic E-state index is 0.208. The van der Waals surface area contributed by atoms with Crippen LogP contribution in [0.2, 0.25) is 0 Å². The molecule has 1 aromatic rings. The number of hydrogen-bond donors (Lipinski definition) is 2. The van der Waals surface area contributed by atoms with Crippen LogP contribution in [0.15, 0.2) is 12.1 Å². The van der Waals surface area contributed by atoms with Gasteiger partial charge in [-0.1, -0.05) is 19.9 Å². The molecule has 0 radical (unpaired) electrons. The number of nitrogen functional groups attached to an aromatic ring is 1. The highest BCUT2D eigenvalue weighted by Gasteiger charge is 2.05. The zero-order chi connectivity index (χ0) is 9.30. The minimum Gasteiger partial charge on any atom is -0.506 e. The fourth-order valence-electron chi connectivity index (χ4n) is 1.17. The summed E-state index contributed by atoms with van der Waals surface area (Å²) in [5.41, 5.74) is 8.10. The number of aryl methyl sites for hydroxylation is 1. The Kier molecular flexibility index (Phi) is 2.27. The highest BCUT2D eigenvalue weighted by Crippen LogP contribution is 2.28. The first-order chi connectivity index (χ1) is 5.52. The van der Waals surface area contributed by atoms with Crippen molar-refractivity contribution in [1.29, 1.82) is 0 Å². The lowest BCUT2D eigenvalue weighted by Gasteiger charge is -2.09. The maximum Gasteiger partial charge on any atom is 0.141 e. The SMILES string of the molecule is Cc1cc(C(C)C)cc(N)c1O. The van der Waals surface area contributed by atoms with E-state index in [4.69, 9.17) is 5.73 Å². The van der Waals surface area contributed by atoms with Gasteiger partial charge in [0.2, 0.25) is 0 Å². The molecule has 0 unspecified atom stereocenters. The van der Waals surface area contributed by atoms with E-state index >= 15 is 0 Å². The fraction of sp³-hybridized carbons (Fsp3) is 0.400. The molecule has 1 rings (SSSR count). The molecule has 0 saturated carbocycles. The van der Waals surface area contributed by atoms with Crippen LogP contribution in [-0.4, -0.2) is 5.11 Å². The number of rotatable bonds is 1. The second-order valence-electron chi connectivity index (χ2n) is 3.43. The summed E-state index contributed by atoms with van der Waals surface area (Å²) in [4.78, 5) is 0. The number of aromatic hydroxyl groups is 1. The molecule has 0 aromatic heterocycles. The summed E-state index contributed by atoms with van der Waals surface area (Å²) < 4.78 is 0. The smallest absolute Gasteiger partial charge is 0.141 e. The Balaban J connectivity index is 3.21. The Hall–Kier alpha value is -1.18. The maximum absolute atomic E-state index is 9.39. The molecular weight excluding hydrogens is 150 g/mol. The third kappa shape index (κ3) is 1.52. The lowest BCUT2D eigenvalue weighted by Crippen LogP contribution is -1.93. The van der Waals surface area contributed by atoms with Gasteiger partial charge in [0.1, 0.15) is 5.75 Å². The van der Waals surface area contributed by atoms with Gasteiger partial charge >= 0.3 is 0 Å². The Morgan fingerprint density at radius 3 is 2.33 bits per heavy atom. The van der Waals surface area contributed by atoms with Crippen molar-refractivity contribution in [3.63, 3.8) is 0 Å². The Bertz CT molecular complexity index is 269. The van der Waals surface area contributed by atoms with E-state index in [2.05, 4.69) is 13.8 Å². The van der Waals surface area contributed by atoms with E-state index in [0.29, 0.717) is 11.6 Å². The number of hydrogen-bond acceptors (Lipinski definition) is 2. The molecule has 0 fully saturated rings. The van der Waals surface area contributed by atoms with Crippen LogP contribution >= 0.6 is 0 Å². The minimum atomic E-state index is 0.208. The first kappa shape index (κ1) is 8.91. The van der Waals surface area contributed by atoms with E-state index in [1.54, 1.807) is 0 Å². The lowest BCUT2D eigenvalue weighted by atomic mass is 10.00. The predicted octanol–water partition coefficient (Wildman–Crippen LogP) is 2.41. The lowest BCUT2D eigenvalue weighted by molar-refractivity contribution is 0.473. The van der Waals surface area contributed by atoms with Crippen LogP contribution in [0.5, 0.6) is 5.75 Å². The van der Waals surface area contributed by atoms with Crippen molar-refractivity contribution < 1.29 is 5.11 Å². The molecule has 12 heavy (non-hydrogen) atoms.